The molecule has 0 aliphatic rings. The van der Waals surface area contributed by atoms with Gasteiger partial charge in [0.05, 0.1) is 29.0 Å². The van der Waals surface area contributed by atoms with Crippen LogP contribution in [0, 0.1) is 0 Å². The fourth-order valence-corrected chi connectivity index (χ4v) is 2.05. The van der Waals surface area contributed by atoms with Crippen LogP contribution in [-0.2, 0) is 0 Å². The maximum Gasteiger partial charge on any atom is 0.138 e. The third-order valence-corrected chi connectivity index (χ3v) is 3.09. The molecule has 2 rings (SSSR count). The highest BCUT2D eigenvalue weighted by Crippen LogP contribution is 2.34. The Hall–Kier alpha value is -0.960. The Morgan fingerprint density at radius 2 is 1.82 bits per heavy atom. The molecule has 0 spiro atoms. The van der Waals surface area contributed by atoms with Crippen LogP contribution in [0.15, 0.2) is 30.5 Å². The van der Waals surface area contributed by atoms with Gasteiger partial charge in [-0.25, -0.2) is 0 Å². The Morgan fingerprint density at radius 3 is 2.47 bits per heavy atom. The van der Waals surface area contributed by atoms with E-state index >= 15 is 0 Å². The molecule has 0 aliphatic carbocycles. The monoisotopic (exact) mass is 287 g/mol. The molecular weight excluding hydrogens is 280 g/mol. The summed E-state index contributed by atoms with van der Waals surface area (Å²) in [6, 6.07) is 6.83. The summed E-state index contributed by atoms with van der Waals surface area (Å²) in [5.74, 6) is 0.594. The second-order valence-corrected chi connectivity index (χ2v) is 4.58. The summed E-state index contributed by atoms with van der Waals surface area (Å²) in [6.07, 6.45) is 1.58. The lowest BCUT2D eigenvalue weighted by Crippen LogP contribution is -1.89. The quantitative estimate of drug-likeness (QED) is 0.798. The lowest BCUT2D eigenvalue weighted by Gasteiger charge is -2.07. The molecule has 0 radical (unpaired) electrons. The number of halogens is 3. The van der Waals surface area contributed by atoms with Crippen molar-refractivity contribution in [3.05, 3.63) is 45.5 Å². The average molecular weight is 289 g/mol. The van der Waals surface area contributed by atoms with Crippen molar-refractivity contribution < 1.29 is 4.74 Å². The highest BCUT2D eigenvalue weighted by molar-refractivity contribution is 6.37. The van der Waals surface area contributed by atoms with Gasteiger partial charge < -0.3 is 4.74 Å². The first-order chi connectivity index (χ1) is 8.11. The fourth-order valence-electron chi connectivity index (χ4n) is 1.41. The lowest BCUT2D eigenvalue weighted by molar-refractivity contribution is 0.413. The predicted octanol–water partition coefficient (Wildman–Crippen LogP) is 4.72. The molecule has 0 unspecified atom stereocenters. The standard InChI is InChI=1S/C12H8Cl3NO/c1-17-8-5-11(15)12(16-6-8)9-4-7(13)2-3-10(9)14/h2-6H,1H3. The summed E-state index contributed by atoms with van der Waals surface area (Å²) in [5, 5.41) is 1.60. The van der Waals surface area contributed by atoms with E-state index in [1.54, 1.807) is 37.6 Å². The molecule has 2 aromatic rings. The summed E-state index contributed by atoms with van der Waals surface area (Å²) in [4.78, 5) is 4.22. The Labute approximate surface area is 114 Å². The summed E-state index contributed by atoms with van der Waals surface area (Å²) in [7, 11) is 1.55. The van der Waals surface area contributed by atoms with Crippen LogP contribution in [-0.4, -0.2) is 12.1 Å². The summed E-state index contributed by atoms with van der Waals surface area (Å²) in [5.41, 5.74) is 1.28. The molecule has 0 aliphatic heterocycles. The maximum absolute atomic E-state index is 6.12. The molecule has 88 valence electrons. The first-order valence-electron chi connectivity index (χ1n) is 4.77. The minimum absolute atomic E-state index is 0.466. The van der Waals surface area contributed by atoms with E-state index in [9.17, 15) is 0 Å². The molecule has 2 nitrogen and oxygen atoms in total. The number of rotatable bonds is 2. The topological polar surface area (TPSA) is 22.1 Å². The Bertz CT molecular complexity index is 557. The van der Waals surface area contributed by atoms with E-state index in [1.165, 1.54) is 0 Å². The summed E-state index contributed by atoms with van der Waals surface area (Å²) < 4.78 is 5.03. The van der Waals surface area contributed by atoms with E-state index in [4.69, 9.17) is 39.5 Å². The zero-order chi connectivity index (χ0) is 12.4. The highest BCUT2D eigenvalue weighted by Gasteiger charge is 2.11. The van der Waals surface area contributed by atoms with Crippen molar-refractivity contribution in [2.75, 3.05) is 7.11 Å². The van der Waals surface area contributed by atoms with Gasteiger partial charge in [-0.3, -0.25) is 4.98 Å². The number of benzene rings is 1. The Kier molecular flexibility index (Phi) is 3.77. The molecule has 0 saturated heterocycles. The largest absolute Gasteiger partial charge is 0.495 e. The number of aromatic nitrogens is 1. The number of pyridine rings is 1. The van der Waals surface area contributed by atoms with Crippen LogP contribution in [0.25, 0.3) is 11.3 Å². The van der Waals surface area contributed by atoms with Gasteiger partial charge in [-0.15, -0.1) is 0 Å². The van der Waals surface area contributed by atoms with Crippen molar-refractivity contribution in [1.82, 2.24) is 4.98 Å². The van der Waals surface area contributed by atoms with Gasteiger partial charge in [0.15, 0.2) is 0 Å². The van der Waals surface area contributed by atoms with Crippen LogP contribution in [0.5, 0.6) is 5.75 Å². The van der Waals surface area contributed by atoms with Gasteiger partial charge in [-0.05, 0) is 18.2 Å². The second-order valence-electron chi connectivity index (χ2n) is 3.33. The van der Waals surface area contributed by atoms with Crippen LogP contribution < -0.4 is 4.74 Å². The Balaban J connectivity index is 2.56. The minimum atomic E-state index is 0.466. The van der Waals surface area contributed by atoms with Crippen molar-refractivity contribution in [3.63, 3.8) is 0 Å². The third-order valence-electron chi connectivity index (χ3n) is 2.24. The molecule has 0 atom stereocenters. The van der Waals surface area contributed by atoms with Gasteiger partial charge in [0, 0.05) is 16.7 Å². The van der Waals surface area contributed by atoms with E-state index in [0.29, 0.717) is 32.1 Å². The molecule has 1 aromatic carbocycles. The van der Waals surface area contributed by atoms with Crippen molar-refractivity contribution in [3.8, 4) is 17.0 Å². The minimum Gasteiger partial charge on any atom is -0.495 e. The van der Waals surface area contributed by atoms with Crippen molar-refractivity contribution in [1.29, 1.82) is 0 Å². The molecule has 0 N–H and O–H groups in total. The van der Waals surface area contributed by atoms with Crippen LogP contribution in [0.4, 0.5) is 0 Å². The smallest absolute Gasteiger partial charge is 0.138 e. The predicted molar refractivity (Wildman–Crippen MR) is 71.3 cm³/mol. The van der Waals surface area contributed by atoms with Gasteiger partial charge in [0.2, 0.25) is 0 Å². The normalized spacial score (nSPS) is 10.4. The number of hydrogen-bond donors (Lipinski definition) is 0. The zero-order valence-electron chi connectivity index (χ0n) is 8.88. The zero-order valence-corrected chi connectivity index (χ0v) is 11.1. The van der Waals surface area contributed by atoms with Crippen molar-refractivity contribution in [2.24, 2.45) is 0 Å². The highest BCUT2D eigenvalue weighted by atomic mass is 35.5. The molecule has 0 saturated carbocycles. The molecule has 5 heteroatoms. The van der Waals surface area contributed by atoms with E-state index in [-0.39, 0.29) is 0 Å². The van der Waals surface area contributed by atoms with Gasteiger partial charge in [0.1, 0.15) is 5.75 Å². The van der Waals surface area contributed by atoms with Gasteiger partial charge in [-0.1, -0.05) is 34.8 Å². The van der Waals surface area contributed by atoms with E-state index < -0.39 is 0 Å². The molecule has 0 bridgehead atoms. The number of ether oxygens (including phenoxy) is 1. The van der Waals surface area contributed by atoms with Crippen LogP contribution in [0.2, 0.25) is 15.1 Å². The molecule has 0 fully saturated rings. The molecule has 17 heavy (non-hydrogen) atoms. The molecule has 0 amide bonds. The van der Waals surface area contributed by atoms with Crippen molar-refractivity contribution in [2.45, 2.75) is 0 Å². The fraction of sp³-hybridized carbons (Fsp3) is 0.0833. The maximum atomic E-state index is 6.12. The summed E-state index contributed by atoms with van der Waals surface area (Å²) >= 11 is 18.1. The van der Waals surface area contributed by atoms with Crippen LogP contribution >= 0.6 is 34.8 Å². The SMILES string of the molecule is COc1cnc(-c2cc(Cl)ccc2Cl)c(Cl)c1. The Morgan fingerprint density at radius 1 is 1.06 bits per heavy atom. The number of hydrogen-bond acceptors (Lipinski definition) is 2. The number of methoxy groups -OCH3 is 1. The molecule has 1 heterocycles. The summed E-state index contributed by atoms with van der Waals surface area (Å²) in [6.45, 7) is 0. The van der Waals surface area contributed by atoms with E-state index in [0.717, 1.165) is 0 Å². The lowest BCUT2D eigenvalue weighted by atomic mass is 10.1. The van der Waals surface area contributed by atoms with E-state index in [2.05, 4.69) is 4.98 Å². The van der Waals surface area contributed by atoms with Crippen LogP contribution in [0.3, 0.4) is 0 Å². The van der Waals surface area contributed by atoms with Gasteiger partial charge in [-0.2, -0.15) is 0 Å². The third kappa shape index (κ3) is 2.65. The average Bonchev–Trinajstić information content (AvgIpc) is 2.32. The first kappa shape index (κ1) is 12.5. The van der Waals surface area contributed by atoms with E-state index in [1.807, 2.05) is 0 Å². The second kappa shape index (κ2) is 5.13. The number of nitrogens with zero attached hydrogens (tertiary/aromatic N) is 1. The first-order valence-corrected chi connectivity index (χ1v) is 5.90. The van der Waals surface area contributed by atoms with Gasteiger partial charge >= 0.3 is 0 Å². The molecule has 1 aromatic heterocycles. The van der Waals surface area contributed by atoms with Crippen molar-refractivity contribution >= 4 is 34.8 Å². The van der Waals surface area contributed by atoms with Gasteiger partial charge in [0.25, 0.3) is 0 Å². The molecular formula is C12H8Cl3NO. The van der Waals surface area contributed by atoms with Crippen LogP contribution in [0.1, 0.15) is 0 Å².